The second kappa shape index (κ2) is 3.43. The maximum absolute atomic E-state index is 9.98. The smallest absolute Gasteiger partial charge is 0.331 e. The van der Waals surface area contributed by atoms with Crippen LogP contribution < -0.4 is 0 Å². The van der Waals surface area contributed by atoms with Crippen LogP contribution in [0.5, 0.6) is 0 Å². The summed E-state index contributed by atoms with van der Waals surface area (Å²) in [6.45, 7) is 3.06. The van der Waals surface area contributed by atoms with Crippen LogP contribution in [0.15, 0.2) is 12.2 Å². The van der Waals surface area contributed by atoms with Gasteiger partial charge in [-0.1, -0.05) is 6.58 Å². The molecule has 0 saturated carbocycles. The van der Waals surface area contributed by atoms with E-state index in [0.717, 1.165) is 0 Å². The highest BCUT2D eigenvalue weighted by atomic mass is 31.1. The van der Waals surface area contributed by atoms with E-state index in [0.29, 0.717) is 0 Å². The average molecular weight is 150 g/mol. The predicted molar refractivity (Wildman–Crippen MR) is 32.9 cm³/mol. The lowest BCUT2D eigenvalue weighted by Gasteiger charge is -1.92. The van der Waals surface area contributed by atoms with Crippen molar-refractivity contribution in [3.8, 4) is 0 Å². The maximum atomic E-state index is 9.98. The molecule has 0 spiro atoms. The molecule has 0 aromatic carbocycles. The predicted octanol–water partition coefficient (Wildman–Crippen LogP) is 0.0942. The van der Waals surface area contributed by atoms with Crippen molar-refractivity contribution < 1.29 is 19.4 Å². The molecule has 0 fully saturated rings. The average Bonchev–Trinajstić information content (AvgIpc) is 1.63. The molecule has 0 radical (unpaired) electrons. The Morgan fingerprint density at radius 2 is 2.11 bits per heavy atom. The number of rotatable bonds is 3. The van der Waals surface area contributed by atoms with Crippen molar-refractivity contribution in [3.05, 3.63) is 12.2 Å². The van der Waals surface area contributed by atoms with Gasteiger partial charge in [0.15, 0.2) is 8.03 Å². The topological polar surface area (TPSA) is 74.6 Å². The second-order valence-electron chi connectivity index (χ2n) is 1.48. The number of hydrogen-bond acceptors (Lipinski definition) is 2. The molecule has 0 aliphatic rings. The second-order valence-corrected chi connectivity index (χ2v) is 2.62. The molecule has 0 rings (SSSR count). The molecule has 1 unspecified atom stereocenters. The summed E-state index contributed by atoms with van der Waals surface area (Å²) < 4.78 is 9.98. The Morgan fingerprint density at radius 3 is 2.22 bits per heavy atom. The summed E-state index contributed by atoms with van der Waals surface area (Å²) >= 11 is 0. The molecular weight excluding hydrogens is 143 g/mol. The SMILES string of the molecule is C=C(C[PH](=O)O)C(=O)O. The van der Waals surface area contributed by atoms with E-state index >= 15 is 0 Å². The molecule has 0 aliphatic carbocycles. The van der Waals surface area contributed by atoms with Gasteiger partial charge in [-0.05, 0) is 0 Å². The van der Waals surface area contributed by atoms with Crippen LogP contribution in [-0.4, -0.2) is 22.1 Å². The lowest BCUT2D eigenvalue weighted by Crippen LogP contribution is -2.00. The zero-order valence-electron chi connectivity index (χ0n) is 4.63. The molecule has 0 aliphatic heterocycles. The normalized spacial score (nSPS) is 12.6. The number of carboxylic acids is 1. The third-order valence-electron chi connectivity index (χ3n) is 0.667. The van der Waals surface area contributed by atoms with Gasteiger partial charge in [-0.15, -0.1) is 0 Å². The third kappa shape index (κ3) is 3.94. The van der Waals surface area contributed by atoms with E-state index in [2.05, 4.69) is 6.58 Å². The molecule has 4 nitrogen and oxygen atoms in total. The monoisotopic (exact) mass is 150 g/mol. The van der Waals surface area contributed by atoms with Crippen molar-refractivity contribution >= 4 is 14.0 Å². The van der Waals surface area contributed by atoms with Gasteiger partial charge >= 0.3 is 5.97 Å². The lowest BCUT2D eigenvalue weighted by atomic mass is 10.4. The fourth-order valence-electron chi connectivity index (χ4n) is 0.258. The molecular formula is C4H7O4P. The van der Waals surface area contributed by atoms with Gasteiger partial charge in [0.25, 0.3) is 0 Å². The van der Waals surface area contributed by atoms with E-state index < -0.39 is 14.0 Å². The van der Waals surface area contributed by atoms with Crippen LogP contribution in [0.1, 0.15) is 0 Å². The highest BCUT2D eigenvalue weighted by Gasteiger charge is 2.05. The summed E-state index contributed by atoms with van der Waals surface area (Å²) in [5.41, 5.74) is -0.221. The first-order valence-corrected chi connectivity index (χ1v) is 3.73. The highest BCUT2D eigenvalue weighted by molar-refractivity contribution is 7.38. The van der Waals surface area contributed by atoms with E-state index in [1.165, 1.54) is 0 Å². The quantitative estimate of drug-likeness (QED) is 0.441. The van der Waals surface area contributed by atoms with Gasteiger partial charge in [-0.25, -0.2) is 4.79 Å². The van der Waals surface area contributed by atoms with E-state index in [9.17, 15) is 9.36 Å². The Hall–Kier alpha value is -0.600. The minimum atomic E-state index is -2.71. The summed E-state index contributed by atoms with van der Waals surface area (Å²) in [7, 11) is -2.71. The van der Waals surface area contributed by atoms with Gasteiger partial charge in [0.05, 0.1) is 6.16 Å². The largest absolute Gasteiger partial charge is 0.478 e. The fourth-order valence-corrected chi connectivity index (χ4v) is 0.774. The maximum Gasteiger partial charge on any atom is 0.331 e. The van der Waals surface area contributed by atoms with Crippen molar-refractivity contribution in [3.63, 3.8) is 0 Å². The standard InChI is InChI=1S/C4H7O4P/c1-3(4(5)6)2-9(7)8/h9H,1-2H2,(H,5,6)(H,7,8). The molecule has 0 aromatic rings. The Morgan fingerprint density at radius 1 is 1.67 bits per heavy atom. The van der Waals surface area contributed by atoms with Gasteiger partial charge in [-0.3, -0.25) is 4.57 Å². The number of carboxylic acid groups (broad SMARTS) is 1. The Balaban J connectivity index is 3.79. The molecule has 5 heteroatoms. The van der Waals surface area contributed by atoms with Crippen molar-refractivity contribution in [1.29, 1.82) is 0 Å². The van der Waals surface area contributed by atoms with Crippen molar-refractivity contribution in [2.75, 3.05) is 6.16 Å². The fraction of sp³-hybridized carbons (Fsp3) is 0.250. The number of carbonyl (C=O) groups is 1. The van der Waals surface area contributed by atoms with Crippen molar-refractivity contribution in [2.24, 2.45) is 0 Å². The Bertz CT molecular complexity index is 162. The highest BCUT2D eigenvalue weighted by Crippen LogP contribution is 2.15. The van der Waals surface area contributed by atoms with E-state index in [1.54, 1.807) is 0 Å². The number of aliphatic carboxylic acids is 1. The minimum Gasteiger partial charge on any atom is -0.478 e. The first kappa shape index (κ1) is 8.40. The zero-order chi connectivity index (χ0) is 7.44. The van der Waals surface area contributed by atoms with Crippen LogP contribution in [0, 0.1) is 0 Å². The van der Waals surface area contributed by atoms with Crippen molar-refractivity contribution in [1.82, 2.24) is 0 Å². The van der Waals surface area contributed by atoms with Gasteiger partial charge in [0.1, 0.15) is 0 Å². The van der Waals surface area contributed by atoms with Crippen LogP contribution in [0.25, 0.3) is 0 Å². The van der Waals surface area contributed by atoms with Gasteiger partial charge in [-0.2, -0.15) is 0 Å². The Labute approximate surface area is 52.7 Å². The van der Waals surface area contributed by atoms with Crippen LogP contribution in [0.4, 0.5) is 0 Å². The summed E-state index contributed by atoms with van der Waals surface area (Å²) in [5, 5.41) is 8.10. The minimum absolute atomic E-state index is 0.221. The first-order valence-electron chi connectivity index (χ1n) is 2.17. The van der Waals surface area contributed by atoms with Crippen LogP contribution in [0.2, 0.25) is 0 Å². The zero-order valence-corrected chi connectivity index (χ0v) is 5.63. The van der Waals surface area contributed by atoms with E-state index in [-0.39, 0.29) is 11.7 Å². The van der Waals surface area contributed by atoms with Crippen LogP contribution in [0.3, 0.4) is 0 Å². The molecule has 9 heavy (non-hydrogen) atoms. The summed E-state index contributed by atoms with van der Waals surface area (Å²) in [6, 6.07) is 0. The third-order valence-corrected chi connectivity index (χ3v) is 1.40. The molecule has 0 aromatic heterocycles. The first-order chi connectivity index (χ1) is 4.04. The molecule has 1 atom stereocenters. The Kier molecular flexibility index (Phi) is 3.20. The van der Waals surface area contributed by atoms with Crippen molar-refractivity contribution in [2.45, 2.75) is 0 Å². The van der Waals surface area contributed by atoms with E-state index in [1.807, 2.05) is 0 Å². The molecule has 0 amide bonds. The van der Waals surface area contributed by atoms with Gasteiger partial charge in [0, 0.05) is 5.57 Å². The molecule has 52 valence electrons. The lowest BCUT2D eigenvalue weighted by molar-refractivity contribution is -0.132. The van der Waals surface area contributed by atoms with Gasteiger partial charge in [0.2, 0.25) is 0 Å². The summed E-state index contributed by atoms with van der Waals surface area (Å²) in [5.74, 6) is -1.22. The summed E-state index contributed by atoms with van der Waals surface area (Å²) in [4.78, 5) is 18.1. The molecule has 2 N–H and O–H groups in total. The van der Waals surface area contributed by atoms with E-state index in [4.69, 9.17) is 10.00 Å². The molecule has 0 saturated heterocycles. The molecule has 0 bridgehead atoms. The molecule has 0 heterocycles. The number of hydrogen-bond donors (Lipinski definition) is 2. The van der Waals surface area contributed by atoms with Crippen LogP contribution >= 0.6 is 8.03 Å². The summed E-state index contributed by atoms with van der Waals surface area (Å²) in [6.07, 6.45) is -0.319. The van der Waals surface area contributed by atoms with Gasteiger partial charge < -0.3 is 10.00 Å². The van der Waals surface area contributed by atoms with Crippen LogP contribution in [-0.2, 0) is 9.36 Å².